The Bertz CT molecular complexity index is 649. The zero-order valence-electron chi connectivity index (χ0n) is 15.7. The molecule has 2 atom stereocenters. The topological polar surface area (TPSA) is 78.1 Å². The van der Waals surface area contributed by atoms with Crippen molar-refractivity contribution >= 4 is 11.8 Å². The predicted molar refractivity (Wildman–Crippen MR) is 98.4 cm³/mol. The Morgan fingerprint density at radius 3 is 2.69 bits per heavy atom. The number of H-pyrrole nitrogens is 1. The Morgan fingerprint density at radius 1 is 1.23 bits per heavy atom. The van der Waals surface area contributed by atoms with Gasteiger partial charge in [0.15, 0.2) is 0 Å². The lowest BCUT2D eigenvalue weighted by Gasteiger charge is -2.37. The van der Waals surface area contributed by atoms with Gasteiger partial charge in [0.1, 0.15) is 5.69 Å². The van der Waals surface area contributed by atoms with E-state index in [4.69, 9.17) is 0 Å². The third-order valence-corrected chi connectivity index (χ3v) is 6.91. The Hall–Kier alpha value is -1.85. The quantitative estimate of drug-likeness (QED) is 0.872. The van der Waals surface area contributed by atoms with Gasteiger partial charge in [-0.3, -0.25) is 9.59 Å². The van der Waals surface area contributed by atoms with Crippen molar-refractivity contribution in [1.82, 2.24) is 20.2 Å². The van der Waals surface area contributed by atoms with Crippen LogP contribution in [-0.4, -0.2) is 45.8 Å². The average Bonchev–Trinajstić information content (AvgIpc) is 3.38. The van der Waals surface area contributed by atoms with Gasteiger partial charge in [0.2, 0.25) is 5.91 Å². The molecule has 1 aromatic rings. The third kappa shape index (κ3) is 3.51. The lowest BCUT2D eigenvalue weighted by molar-refractivity contribution is -0.126. The Labute approximate surface area is 155 Å². The Morgan fingerprint density at radius 2 is 2.04 bits per heavy atom. The van der Waals surface area contributed by atoms with E-state index in [-0.39, 0.29) is 23.1 Å². The number of nitrogens with one attached hydrogen (secondary N) is 2. The van der Waals surface area contributed by atoms with Crippen LogP contribution >= 0.6 is 0 Å². The minimum Gasteiger partial charge on any atom is -0.353 e. The Kier molecular flexibility index (Phi) is 4.76. The molecule has 2 N–H and O–H groups in total. The van der Waals surface area contributed by atoms with Crippen molar-refractivity contribution in [2.45, 2.75) is 64.3 Å². The van der Waals surface area contributed by atoms with Crippen molar-refractivity contribution in [3.8, 4) is 0 Å². The van der Waals surface area contributed by atoms with E-state index in [1.807, 2.05) is 4.90 Å². The number of rotatable bonds is 3. The third-order valence-electron chi connectivity index (χ3n) is 6.91. The first kappa shape index (κ1) is 17.6. The summed E-state index contributed by atoms with van der Waals surface area (Å²) in [6.07, 6.45) is 11.8. The molecular weight excluding hydrogens is 328 g/mol. The van der Waals surface area contributed by atoms with Crippen LogP contribution in [0.2, 0.25) is 0 Å². The standard InChI is InChI=1S/C20H30N4O2/c1-14-2-3-15(10-14)18(25)23-16-4-6-20(7-5-16)8-9-24(12-20)19(26)17-11-21-13-22-17/h11,13-16H,2-10,12H2,1H3,(H,21,22)(H,23,25). The normalized spacial score (nSPS) is 34.3. The van der Waals surface area contributed by atoms with Gasteiger partial charge in [-0.1, -0.05) is 6.92 Å². The molecule has 142 valence electrons. The molecule has 0 radical (unpaired) electrons. The van der Waals surface area contributed by atoms with Crippen molar-refractivity contribution in [2.75, 3.05) is 13.1 Å². The highest BCUT2D eigenvalue weighted by atomic mass is 16.2. The molecule has 3 aliphatic rings. The maximum absolute atomic E-state index is 12.5. The lowest BCUT2D eigenvalue weighted by atomic mass is 9.72. The number of hydrogen-bond donors (Lipinski definition) is 2. The molecule has 1 aliphatic heterocycles. The van der Waals surface area contributed by atoms with Gasteiger partial charge in [0, 0.05) is 25.0 Å². The summed E-state index contributed by atoms with van der Waals surface area (Å²) in [6, 6.07) is 0.321. The van der Waals surface area contributed by atoms with Gasteiger partial charge < -0.3 is 15.2 Å². The van der Waals surface area contributed by atoms with Crippen molar-refractivity contribution < 1.29 is 9.59 Å². The van der Waals surface area contributed by atoms with E-state index in [1.54, 1.807) is 12.5 Å². The van der Waals surface area contributed by atoms with Crippen LogP contribution in [0.4, 0.5) is 0 Å². The van der Waals surface area contributed by atoms with Gasteiger partial charge in [-0.05, 0) is 62.7 Å². The van der Waals surface area contributed by atoms with Gasteiger partial charge in [-0.15, -0.1) is 0 Å². The SMILES string of the molecule is CC1CCC(C(=O)NC2CCC3(CC2)CCN(C(=O)c2cnc[nH]2)C3)C1. The maximum Gasteiger partial charge on any atom is 0.271 e. The molecule has 1 spiro atoms. The number of likely N-dealkylation sites (tertiary alicyclic amines) is 1. The molecule has 2 saturated carbocycles. The molecule has 2 aliphatic carbocycles. The van der Waals surface area contributed by atoms with E-state index in [0.717, 1.165) is 58.0 Å². The van der Waals surface area contributed by atoms with E-state index < -0.39 is 0 Å². The summed E-state index contributed by atoms with van der Waals surface area (Å²) in [5, 5.41) is 3.31. The van der Waals surface area contributed by atoms with Crippen molar-refractivity contribution in [3.63, 3.8) is 0 Å². The van der Waals surface area contributed by atoms with Gasteiger partial charge >= 0.3 is 0 Å². The maximum atomic E-state index is 12.5. The largest absolute Gasteiger partial charge is 0.353 e. The summed E-state index contributed by atoms with van der Waals surface area (Å²) in [5.41, 5.74) is 0.826. The molecule has 0 bridgehead atoms. The molecule has 2 unspecified atom stereocenters. The second-order valence-electron chi connectivity index (χ2n) is 8.84. The van der Waals surface area contributed by atoms with Crippen LogP contribution in [0.1, 0.15) is 68.8 Å². The molecule has 6 nitrogen and oxygen atoms in total. The van der Waals surface area contributed by atoms with Crippen molar-refractivity contribution in [2.24, 2.45) is 17.3 Å². The number of nitrogens with zero attached hydrogens (tertiary/aromatic N) is 2. The monoisotopic (exact) mass is 358 g/mol. The first-order valence-electron chi connectivity index (χ1n) is 10.1. The summed E-state index contributed by atoms with van der Waals surface area (Å²) in [4.78, 5) is 33.8. The minimum atomic E-state index is 0.0603. The van der Waals surface area contributed by atoms with Crippen LogP contribution in [0.15, 0.2) is 12.5 Å². The zero-order valence-corrected chi connectivity index (χ0v) is 15.7. The minimum absolute atomic E-state index is 0.0603. The van der Waals surface area contributed by atoms with Gasteiger partial charge in [-0.25, -0.2) is 4.98 Å². The fourth-order valence-corrected chi connectivity index (χ4v) is 5.20. The van der Waals surface area contributed by atoms with Crippen LogP contribution in [0.25, 0.3) is 0 Å². The predicted octanol–water partition coefficient (Wildman–Crippen LogP) is 2.74. The molecule has 6 heteroatoms. The summed E-state index contributed by atoms with van der Waals surface area (Å²) < 4.78 is 0. The molecular formula is C20H30N4O2. The van der Waals surface area contributed by atoms with E-state index in [1.165, 1.54) is 6.42 Å². The summed E-state index contributed by atoms with van der Waals surface area (Å²) in [6.45, 7) is 3.91. The van der Waals surface area contributed by atoms with E-state index in [2.05, 4.69) is 22.2 Å². The zero-order chi connectivity index (χ0) is 18.1. The highest BCUT2D eigenvalue weighted by Gasteiger charge is 2.43. The summed E-state index contributed by atoms with van der Waals surface area (Å²) >= 11 is 0. The molecule has 3 fully saturated rings. The summed E-state index contributed by atoms with van der Waals surface area (Å²) in [7, 11) is 0. The van der Waals surface area contributed by atoms with Crippen LogP contribution in [0.5, 0.6) is 0 Å². The number of amides is 2. The Balaban J connectivity index is 1.27. The molecule has 1 saturated heterocycles. The van der Waals surface area contributed by atoms with Crippen molar-refractivity contribution in [3.05, 3.63) is 18.2 Å². The average molecular weight is 358 g/mol. The number of carbonyl (C=O) groups excluding carboxylic acids is 2. The van der Waals surface area contributed by atoms with E-state index in [0.29, 0.717) is 17.7 Å². The number of carbonyl (C=O) groups is 2. The van der Waals surface area contributed by atoms with Crippen LogP contribution in [0, 0.1) is 17.3 Å². The second kappa shape index (κ2) is 7.05. The molecule has 2 amide bonds. The highest BCUT2D eigenvalue weighted by Crippen LogP contribution is 2.44. The fourth-order valence-electron chi connectivity index (χ4n) is 5.20. The summed E-state index contributed by atoms with van der Waals surface area (Å²) in [5.74, 6) is 1.26. The fraction of sp³-hybridized carbons (Fsp3) is 0.750. The van der Waals surface area contributed by atoms with Crippen LogP contribution < -0.4 is 5.32 Å². The number of aromatic nitrogens is 2. The molecule has 0 aromatic carbocycles. The number of imidazole rings is 1. The molecule has 26 heavy (non-hydrogen) atoms. The van der Waals surface area contributed by atoms with Gasteiger partial charge in [-0.2, -0.15) is 0 Å². The molecule has 1 aromatic heterocycles. The van der Waals surface area contributed by atoms with Gasteiger partial charge in [0.25, 0.3) is 5.91 Å². The van der Waals surface area contributed by atoms with Gasteiger partial charge in [0.05, 0.1) is 12.5 Å². The molecule has 4 rings (SSSR count). The lowest BCUT2D eigenvalue weighted by Crippen LogP contribution is -2.43. The van der Waals surface area contributed by atoms with E-state index in [9.17, 15) is 9.59 Å². The molecule has 2 heterocycles. The number of hydrogen-bond acceptors (Lipinski definition) is 3. The van der Waals surface area contributed by atoms with Crippen molar-refractivity contribution in [1.29, 1.82) is 0 Å². The second-order valence-corrected chi connectivity index (χ2v) is 8.84. The highest BCUT2D eigenvalue weighted by molar-refractivity contribution is 5.92. The van der Waals surface area contributed by atoms with E-state index >= 15 is 0 Å². The van der Waals surface area contributed by atoms with Crippen LogP contribution in [-0.2, 0) is 4.79 Å². The smallest absolute Gasteiger partial charge is 0.271 e. The first-order chi connectivity index (χ1) is 12.5. The van der Waals surface area contributed by atoms with Crippen LogP contribution in [0.3, 0.4) is 0 Å². The first-order valence-corrected chi connectivity index (χ1v) is 10.1. The number of aromatic amines is 1.